The second kappa shape index (κ2) is 16.8. The van der Waals surface area contributed by atoms with E-state index in [9.17, 15) is 19.2 Å². The molecule has 5 aliphatic rings. The van der Waals surface area contributed by atoms with Crippen LogP contribution in [0, 0.1) is 0 Å². The first-order valence-corrected chi connectivity index (χ1v) is 19.2. The molecule has 2 heterocycles. The van der Waals surface area contributed by atoms with E-state index in [2.05, 4.69) is 0 Å². The van der Waals surface area contributed by atoms with E-state index in [0.29, 0.717) is 48.3 Å². The Hall–Kier alpha value is -4.76. The molecule has 7 rings (SSSR count). The van der Waals surface area contributed by atoms with E-state index < -0.39 is 72.1 Å². The standard InChI is InChI=1S/C42H48O14/c1-25(43)49-29-15-11-27(23-31(29)47-3)13-17-33(45)51-35-37-39(55-41(53-37)19-7-5-8-20-41)36(40-38(35)54-42(56-40)21-9-6-10-22-42)52-34(46)18-14-28-12-16-30(50-26(2)44)32(24-28)48-4/h11-18,23-24,35-40H,5-10,19-22H2,1-4H3/b17-13+,18-14+/t35?,36?,37-,38-,39-,40+/m1/s1. The van der Waals surface area contributed by atoms with Crippen molar-refractivity contribution in [1.82, 2.24) is 0 Å². The zero-order chi connectivity index (χ0) is 39.5. The first-order valence-electron chi connectivity index (χ1n) is 19.2. The summed E-state index contributed by atoms with van der Waals surface area (Å²) in [6.07, 6.45) is 8.75. The third kappa shape index (κ3) is 8.63. The van der Waals surface area contributed by atoms with Crippen molar-refractivity contribution in [3.8, 4) is 23.0 Å². The predicted molar refractivity (Wildman–Crippen MR) is 198 cm³/mol. The summed E-state index contributed by atoms with van der Waals surface area (Å²) in [5.41, 5.74) is 1.22. The van der Waals surface area contributed by atoms with Crippen molar-refractivity contribution in [2.45, 2.75) is 126 Å². The Morgan fingerprint density at radius 2 is 0.911 bits per heavy atom. The van der Waals surface area contributed by atoms with Crippen molar-refractivity contribution in [3.05, 3.63) is 59.7 Å². The quantitative estimate of drug-likeness (QED) is 0.157. The molecule has 2 saturated heterocycles. The maximum atomic E-state index is 13.6. The van der Waals surface area contributed by atoms with Gasteiger partial charge in [0, 0.05) is 51.7 Å². The molecule has 3 aliphatic carbocycles. The van der Waals surface area contributed by atoms with Crippen molar-refractivity contribution in [3.63, 3.8) is 0 Å². The average molecular weight is 777 g/mol. The van der Waals surface area contributed by atoms with Gasteiger partial charge in [-0.2, -0.15) is 0 Å². The fourth-order valence-electron chi connectivity index (χ4n) is 8.36. The predicted octanol–water partition coefficient (Wildman–Crippen LogP) is 6.01. The number of carbonyl (C=O) groups excluding carboxylic acids is 4. The van der Waals surface area contributed by atoms with Gasteiger partial charge in [-0.25, -0.2) is 9.59 Å². The van der Waals surface area contributed by atoms with Crippen LogP contribution in [-0.2, 0) is 47.6 Å². The number of hydrogen-bond donors (Lipinski definition) is 0. The van der Waals surface area contributed by atoms with Crippen LogP contribution in [0.4, 0.5) is 0 Å². The Labute approximate surface area is 325 Å². The summed E-state index contributed by atoms with van der Waals surface area (Å²) in [6, 6.07) is 9.80. The Balaban J connectivity index is 1.15. The fourth-order valence-corrected chi connectivity index (χ4v) is 8.36. The smallest absolute Gasteiger partial charge is 0.331 e. The van der Waals surface area contributed by atoms with Gasteiger partial charge in [0.15, 0.2) is 46.8 Å². The Kier molecular flexibility index (Phi) is 11.8. The molecule has 3 saturated carbocycles. The SMILES string of the molecule is COc1cc(/C=C/C(=O)OC2[C@H]3OC4(CCCCC4)O[C@@H]3C(OC(=O)/C=C/c3ccc(OC(C)=O)c(OC)c3)[C@@H]3OC4(CCCCC4)O[C@H]23)ccc1OC(C)=O. The molecule has 2 aromatic rings. The summed E-state index contributed by atoms with van der Waals surface area (Å²) in [7, 11) is 2.91. The van der Waals surface area contributed by atoms with Crippen LogP contribution in [0.3, 0.4) is 0 Å². The second-order valence-electron chi connectivity index (χ2n) is 14.8. The number of ether oxygens (including phenoxy) is 10. The zero-order valence-corrected chi connectivity index (χ0v) is 32.0. The highest BCUT2D eigenvalue weighted by Crippen LogP contribution is 2.52. The number of carbonyl (C=O) groups is 4. The van der Waals surface area contributed by atoms with Crippen LogP contribution in [-0.4, -0.2) is 86.3 Å². The average Bonchev–Trinajstić information content (AvgIpc) is 3.73. The molecular weight excluding hydrogens is 728 g/mol. The molecule has 0 N–H and O–H groups in total. The molecule has 0 bridgehead atoms. The van der Waals surface area contributed by atoms with Crippen LogP contribution in [0.1, 0.15) is 89.2 Å². The maximum absolute atomic E-state index is 13.6. The van der Waals surface area contributed by atoms with Crippen LogP contribution < -0.4 is 18.9 Å². The molecule has 14 heteroatoms. The topological polar surface area (TPSA) is 161 Å². The van der Waals surface area contributed by atoms with E-state index in [0.717, 1.165) is 38.5 Å². The maximum Gasteiger partial charge on any atom is 0.331 e. The summed E-state index contributed by atoms with van der Waals surface area (Å²) < 4.78 is 60.6. The highest BCUT2D eigenvalue weighted by molar-refractivity contribution is 5.88. The van der Waals surface area contributed by atoms with Gasteiger partial charge in [-0.05, 0) is 73.2 Å². The second-order valence-corrected chi connectivity index (χ2v) is 14.8. The van der Waals surface area contributed by atoms with Gasteiger partial charge in [0.05, 0.1) is 14.2 Å². The van der Waals surface area contributed by atoms with Crippen LogP contribution in [0.25, 0.3) is 12.2 Å². The fraction of sp³-hybridized carbons (Fsp3) is 0.524. The molecule has 0 amide bonds. The highest BCUT2D eigenvalue weighted by Gasteiger charge is 2.68. The minimum Gasteiger partial charge on any atom is -0.493 e. The van der Waals surface area contributed by atoms with Gasteiger partial charge in [0.25, 0.3) is 0 Å². The van der Waals surface area contributed by atoms with Gasteiger partial charge in [0.1, 0.15) is 24.4 Å². The molecule has 2 spiro atoms. The minimum absolute atomic E-state index is 0.255. The summed E-state index contributed by atoms with van der Waals surface area (Å²) in [6.45, 7) is 2.60. The molecule has 2 unspecified atom stereocenters. The van der Waals surface area contributed by atoms with Crippen LogP contribution in [0.2, 0.25) is 0 Å². The lowest BCUT2D eigenvalue weighted by Crippen LogP contribution is -2.63. The Morgan fingerprint density at radius 1 is 0.554 bits per heavy atom. The van der Waals surface area contributed by atoms with Gasteiger partial charge in [-0.15, -0.1) is 0 Å². The van der Waals surface area contributed by atoms with E-state index >= 15 is 0 Å². The first-order chi connectivity index (χ1) is 27.0. The molecule has 56 heavy (non-hydrogen) atoms. The number of methoxy groups -OCH3 is 2. The van der Waals surface area contributed by atoms with Crippen molar-refractivity contribution < 1.29 is 66.5 Å². The van der Waals surface area contributed by atoms with E-state index in [4.69, 9.17) is 47.4 Å². The van der Waals surface area contributed by atoms with Gasteiger partial charge in [-0.1, -0.05) is 25.0 Å². The monoisotopic (exact) mass is 776 g/mol. The summed E-state index contributed by atoms with van der Waals surface area (Å²) >= 11 is 0. The number of rotatable bonds is 10. The Morgan fingerprint density at radius 3 is 1.23 bits per heavy atom. The molecule has 5 fully saturated rings. The number of hydrogen-bond acceptors (Lipinski definition) is 14. The third-order valence-corrected chi connectivity index (χ3v) is 10.8. The van der Waals surface area contributed by atoms with Crippen molar-refractivity contribution in [2.75, 3.05) is 14.2 Å². The van der Waals surface area contributed by atoms with Crippen molar-refractivity contribution >= 4 is 36.0 Å². The van der Waals surface area contributed by atoms with Gasteiger partial charge in [-0.3, -0.25) is 9.59 Å². The summed E-state index contributed by atoms with van der Waals surface area (Å²) in [4.78, 5) is 50.3. The van der Waals surface area contributed by atoms with E-state index in [1.807, 2.05) is 0 Å². The van der Waals surface area contributed by atoms with Crippen LogP contribution in [0.15, 0.2) is 48.6 Å². The molecule has 2 aliphatic heterocycles. The molecule has 14 nitrogen and oxygen atoms in total. The third-order valence-electron chi connectivity index (χ3n) is 10.8. The minimum atomic E-state index is -0.945. The van der Waals surface area contributed by atoms with Crippen molar-refractivity contribution in [2.24, 2.45) is 0 Å². The van der Waals surface area contributed by atoms with E-state index in [-0.39, 0.29) is 11.5 Å². The molecular formula is C42H48O14. The summed E-state index contributed by atoms with van der Waals surface area (Å²) in [5, 5.41) is 0. The van der Waals surface area contributed by atoms with Gasteiger partial charge < -0.3 is 47.4 Å². The lowest BCUT2D eigenvalue weighted by molar-refractivity contribution is -0.227. The van der Waals surface area contributed by atoms with Gasteiger partial charge in [0.2, 0.25) is 0 Å². The number of esters is 4. The lowest BCUT2D eigenvalue weighted by Gasteiger charge is -2.41. The number of fused-ring (bicyclic) bond motifs is 2. The highest BCUT2D eigenvalue weighted by atomic mass is 16.8. The Bertz CT molecular complexity index is 1690. The molecule has 0 aromatic heterocycles. The van der Waals surface area contributed by atoms with Crippen LogP contribution >= 0.6 is 0 Å². The molecule has 0 radical (unpaired) electrons. The van der Waals surface area contributed by atoms with Crippen LogP contribution in [0.5, 0.6) is 23.0 Å². The largest absolute Gasteiger partial charge is 0.493 e. The van der Waals surface area contributed by atoms with E-state index in [1.54, 1.807) is 48.6 Å². The number of benzene rings is 2. The molecule has 300 valence electrons. The van der Waals surface area contributed by atoms with Crippen molar-refractivity contribution in [1.29, 1.82) is 0 Å². The lowest BCUT2D eigenvalue weighted by atomic mass is 9.84. The van der Waals surface area contributed by atoms with E-state index in [1.165, 1.54) is 40.2 Å². The zero-order valence-electron chi connectivity index (χ0n) is 32.0. The first kappa shape index (κ1) is 39.5. The van der Waals surface area contributed by atoms with Gasteiger partial charge >= 0.3 is 23.9 Å². The molecule has 6 atom stereocenters. The summed E-state index contributed by atoms with van der Waals surface area (Å²) in [5.74, 6) is -2.98. The normalized spacial score (nSPS) is 27.4. The molecule has 2 aromatic carbocycles.